The predicted octanol–water partition coefficient (Wildman–Crippen LogP) is 5.55. The Labute approximate surface area is 172 Å². The Morgan fingerprint density at radius 3 is 2.61 bits per heavy atom. The number of aryl methyl sites for hydroxylation is 1. The maximum absolute atomic E-state index is 11.0. The number of hydrogen-bond donors (Lipinski definition) is 2. The molecular weight excluding hydrogens is 395 g/mol. The Morgan fingerprint density at radius 1 is 1.04 bits per heavy atom. The van der Waals surface area contributed by atoms with Crippen LogP contribution in [0.15, 0.2) is 60.9 Å². The summed E-state index contributed by atoms with van der Waals surface area (Å²) < 4.78 is 0. The van der Waals surface area contributed by atoms with Crippen molar-refractivity contribution in [1.82, 2.24) is 15.0 Å². The largest absolute Gasteiger partial charge is 0.505 e. The summed E-state index contributed by atoms with van der Waals surface area (Å²) in [6.07, 6.45) is 3.21. The first-order valence-electron chi connectivity index (χ1n) is 8.60. The third-order valence-electron chi connectivity index (χ3n) is 4.39. The normalized spacial score (nSPS) is 12.1. The zero-order chi connectivity index (χ0) is 19.7. The van der Waals surface area contributed by atoms with Crippen molar-refractivity contribution in [2.45, 2.75) is 13.0 Å². The van der Waals surface area contributed by atoms with E-state index < -0.39 is 6.04 Å². The fourth-order valence-corrected chi connectivity index (χ4v) is 3.47. The van der Waals surface area contributed by atoms with E-state index >= 15 is 0 Å². The third kappa shape index (κ3) is 3.59. The molecule has 1 aromatic carbocycles. The highest BCUT2D eigenvalue weighted by Crippen LogP contribution is 2.37. The molecule has 3 aromatic heterocycles. The number of hydrogen-bond acceptors (Lipinski definition) is 5. The van der Waals surface area contributed by atoms with Crippen LogP contribution in [-0.2, 0) is 0 Å². The highest BCUT2D eigenvalue weighted by molar-refractivity contribution is 6.35. The van der Waals surface area contributed by atoms with Gasteiger partial charge < -0.3 is 10.4 Å². The molecule has 0 aliphatic carbocycles. The van der Waals surface area contributed by atoms with Crippen LogP contribution in [0.25, 0.3) is 10.9 Å². The van der Waals surface area contributed by atoms with E-state index in [1.165, 1.54) is 6.20 Å². The van der Waals surface area contributed by atoms with Crippen molar-refractivity contribution < 1.29 is 5.11 Å². The predicted molar refractivity (Wildman–Crippen MR) is 112 cm³/mol. The molecule has 7 heteroatoms. The van der Waals surface area contributed by atoms with Gasteiger partial charge in [-0.05, 0) is 31.2 Å². The van der Waals surface area contributed by atoms with Crippen LogP contribution in [0.5, 0.6) is 5.75 Å². The summed E-state index contributed by atoms with van der Waals surface area (Å²) >= 11 is 12.3. The molecule has 0 radical (unpaired) electrons. The van der Waals surface area contributed by atoms with Gasteiger partial charge in [-0.2, -0.15) is 0 Å². The maximum Gasteiger partial charge on any atom is 0.147 e. The summed E-state index contributed by atoms with van der Waals surface area (Å²) in [4.78, 5) is 13.2. The third-order valence-corrected chi connectivity index (χ3v) is 4.88. The van der Waals surface area contributed by atoms with Crippen molar-refractivity contribution in [1.29, 1.82) is 0 Å². The van der Waals surface area contributed by atoms with E-state index in [-0.39, 0.29) is 5.75 Å². The topological polar surface area (TPSA) is 70.9 Å². The first-order chi connectivity index (χ1) is 13.5. The Balaban J connectivity index is 1.86. The zero-order valence-corrected chi connectivity index (χ0v) is 16.4. The van der Waals surface area contributed by atoms with Crippen molar-refractivity contribution >= 4 is 39.9 Å². The van der Waals surface area contributed by atoms with E-state index in [9.17, 15) is 5.11 Å². The van der Waals surface area contributed by atoms with Gasteiger partial charge in [-0.1, -0.05) is 47.5 Å². The van der Waals surface area contributed by atoms with E-state index in [4.69, 9.17) is 23.2 Å². The first kappa shape index (κ1) is 18.5. The molecule has 4 rings (SSSR count). The molecule has 0 amide bonds. The summed E-state index contributed by atoms with van der Waals surface area (Å²) in [5.41, 5.74) is 2.69. The first-order valence-corrected chi connectivity index (χ1v) is 9.36. The Kier molecular flexibility index (Phi) is 5.03. The fourth-order valence-electron chi connectivity index (χ4n) is 3.04. The molecule has 0 spiro atoms. The average Bonchev–Trinajstić information content (AvgIpc) is 2.69. The van der Waals surface area contributed by atoms with Gasteiger partial charge >= 0.3 is 0 Å². The molecule has 0 saturated carbocycles. The number of nitrogens with one attached hydrogen (secondary N) is 1. The smallest absolute Gasteiger partial charge is 0.147 e. The number of fused-ring (bicyclic) bond motifs is 1. The summed E-state index contributed by atoms with van der Waals surface area (Å²) in [6.45, 7) is 1.89. The lowest BCUT2D eigenvalue weighted by Crippen LogP contribution is -2.15. The lowest BCUT2D eigenvalue weighted by molar-refractivity contribution is 0.471. The van der Waals surface area contributed by atoms with Crippen molar-refractivity contribution in [3.8, 4) is 5.75 Å². The van der Waals surface area contributed by atoms with Gasteiger partial charge in [0.05, 0.1) is 21.8 Å². The molecule has 1 unspecified atom stereocenters. The second-order valence-corrected chi connectivity index (χ2v) is 7.19. The minimum atomic E-state index is -0.487. The minimum Gasteiger partial charge on any atom is -0.505 e. The standard InChI is InChI=1S/C21H16Cl2N4O/c1-12-5-6-13-7-8-15(20(28)18(13)26-12)19(17-4-2-3-9-24-17)27-21-16(23)10-14(22)11-25-21/h2-11,19,28H,1H3,(H,25,27). The van der Waals surface area contributed by atoms with E-state index in [0.29, 0.717) is 32.6 Å². The van der Waals surface area contributed by atoms with Gasteiger partial charge in [-0.25, -0.2) is 9.97 Å². The number of rotatable bonds is 4. The highest BCUT2D eigenvalue weighted by Gasteiger charge is 2.22. The van der Waals surface area contributed by atoms with Crippen LogP contribution in [0, 0.1) is 6.92 Å². The summed E-state index contributed by atoms with van der Waals surface area (Å²) in [6, 6.07) is 14.3. The number of aromatic nitrogens is 3. The number of nitrogens with zero attached hydrogens (tertiary/aromatic N) is 3. The van der Waals surface area contributed by atoms with Crippen LogP contribution in [-0.4, -0.2) is 20.1 Å². The zero-order valence-electron chi connectivity index (χ0n) is 14.9. The Morgan fingerprint density at radius 2 is 1.86 bits per heavy atom. The lowest BCUT2D eigenvalue weighted by atomic mass is 9.99. The number of anilines is 1. The lowest BCUT2D eigenvalue weighted by Gasteiger charge is -2.21. The number of pyridine rings is 3. The van der Waals surface area contributed by atoms with Crippen molar-refractivity contribution in [2.75, 3.05) is 5.32 Å². The van der Waals surface area contributed by atoms with Crippen LogP contribution >= 0.6 is 23.2 Å². The quantitative estimate of drug-likeness (QED) is 0.461. The molecule has 1 atom stereocenters. The van der Waals surface area contributed by atoms with E-state index in [0.717, 1.165) is 11.1 Å². The number of aromatic hydroxyl groups is 1. The Bertz CT molecular complexity index is 1150. The second-order valence-electron chi connectivity index (χ2n) is 6.34. The van der Waals surface area contributed by atoms with Crippen molar-refractivity contribution in [3.05, 3.63) is 87.9 Å². The fraction of sp³-hybridized carbons (Fsp3) is 0.0952. The molecular formula is C21H16Cl2N4O. The van der Waals surface area contributed by atoms with Gasteiger partial charge in [0.2, 0.25) is 0 Å². The van der Waals surface area contributed by atoms with E-state index in [1.54, 1.807) is 12.3 Å². The molecule has 4 aromatic rings. The molecule has 28 heavy (non-hydrogen) atoms. The molecule has 3 heterocycles. The summed E-state index contributed by atoms with van der Waals surface area (Å²) in [7, 11) is 0. The maximum atomic E-state index is 11.0. The Hall–Kier alpha value is -2.89. The van der Waals surface area contributed by atoms with Crippen molar-refractivity contribution in [3.63, 3.8) is 0 Å². The molecule has 0 saturated heterocycles. The molecule has 0 aliphatic rings. The van der Waals surface area contributed by atoms with Gasteiger partial charge in [0.1, 0.15) is 17.1 Å². The number of phenolic OH excluding ortho intramolecular Hbond substituents is 1. The highest BCUT2D eigenvalue weighted by atomic mass is 35.5. The van der Waals surface area contributed by atoms with Crippen LogP contribution in [0.1, 0.15) is 23.0 Å². The van der Waals surface area contributed by atoms with Gasteiger partial charge in [0, 0.05) is 29.0 Å². The van der Waals surface area contributed by atoms with E-state index in [1.807, 2.05) is 49.4 Å². The van der Waals surface area contributed by atoms with Crippen LogP contribution in [0.3, 0.4) is 0 Å². The number of phenols is 1. The number of benzene rings is 1. The molecule has 0 fully saturated rings. The van der Waals surface area contributed by atoms with Gasteiger partial charge in [-0.15, -0.1) is 0 Å². The van der Waals surface area contributed by atoms with Gasteiger partial charge in [-0.3, -0.25) is 4.98 Å². The van der Waals surface area contributed by atoms with Crippen LogP contribution in [0.4, 0.5) is 5.82 Å². The van der Waals surface area contributed by atoms with Gasteiger partial charge in [0.25, 0.3) is 0 Å². The van der Waals surface area contributed by atoms with Gasteiger partial charge in [0.15, 0.2) is 0 Å². The summed E-state index contributed by atoms with van der Waals surface area (Å²) in [5, 5.41) is 15.9. The monoisotopic (exact) mass is 410 g/mol. The average molecular weight is 411 g/mol. The molecule has 0 bridgehead atoms. The molecule has 0 aliphatic heterocycles. The van der Waals surface area contributed by atoms with Crippen LogP contribution < -0.4 is 5.32 Å². The number of halogens is 2. The second kappa shape index (κ2) is 7.62. The molecule has 5 nitrogen and oxygen atoms in total. The molecule has 2 N–H and O–H groups in total. The van der Waals surface area contributed by atoms with Crippen molar-refractivity contribution in [2.24, 2.45) is 0 Å². The van der Waals surface area contributed by atoms with E-state index in [2.05, 4.69) is 20.3 Å². The van der Waals surface area contributed by atoms with Crippen LogP contribution in [0.2, 0.25) is 10.0 Å². The molecule has 140 valence electrons. The minimum absolute atomic E-state index is 0.0921. The SMILES string of the molecule is Cc1ccc2ccc(C(Nc3ncc(Cl)cc3Cl)c3ccccn3)c(O)c2n1. The summed E-state index contributed by atoms with van der Waals surface area (Å²) in [5.74, 6) is 0.535.